The molecule has 1 aliphatic heterocycles. The topological polar surface area (TPSA) is 12.0 Å². The molecule has 2 aliphatic rings. The lowest BCUT2D eigenvalue weighted by atomic mass is 9.64. The molecule has 0 aromatic heterocycles. The van der Waals surface area contributed by atoms with E-state index < -0.39 is 0 Å². The normalized spacial score (nSPS) is 33.5. The van der Waals surface area contributed by atoms with Crippen LogP contribution in [0, 0.1) is 11.8 Å². The molecule has 0 bridgehead atoms. The molecule has 80 valence electrons. The van der Waals surface area contributed by atoms with Gasteiger partial charge in [-0.15, -0.1) is 0 Å². The zero-order chi connectivity index (χ0) is 10.3. The van der Waals surface area contributed by atoms with Crippen molar-refractivity contribution in [2.24, 2.45) is 11.8 Å². The fourth-order valence-electron chi connectivity index (χ4n) is 3.17. The minimum atomic E-state index is 0.843. The summed E-state index contributed by atoms with van der Waals surface area (Å²) in [6, 6.07) is 9.28. The van der Waals surface area contributed by atoms with Crippen molar-refractivity contribution in [3.63, 3.8) is 0 Å². The third-order valence-corrected chi connectivity index (χ3v) is 4.28. The van der Waals surface area contributed by atoms with Gasteiger partial charge >= 0.3 is 0 Å². The van der Waals surface area contributed by atoms with Crippen molar-refractivity contribution in [1.29, 1.82) is 0 Å². The fraction of sp³-hybridized carbons (Fsp3) is 0.571. The number of hydrogen-bond donors (Lipinski definition) is 1. The summed E-state index contributed by atoms with van der Waals surface area (Å²) in [5.74, 6) is 2.74. The van der Waals surface area contributed by atoms with Gasteiger partial charge in [0.15, 0.2) is 0 Å². The van der Waals surface area contributed by atoms with Crippen LogP contribution in [0.1, 0.15) is 30.4 Å². The summed E-state index contributed by atoms with van der Waals surface area (Å²) in [5, 5.41) is 3.51. The Kier molecular flexibility index (Phi) is 2.28. The minimum Gasteiger partial charge on any atom is -0.316 e. The Hall–Kier alpha value is -0.820. The Balaban J connectivity index is 1.76. The first-order valence-corrected chi connectivity index (χ1v) is 6.18. The molecule has 1 saturated carbocycles. The summed E-state index contributed by atoms with van der Waals surface area (Å²) < 4.78 is 0. The lowest BCUT2D eigenvalue weighted by Gasteiger charge is -2.40. The molecule has 1 nitrogen and oxygen atoms in total. The van der Waals surface area contributed by atoms with E-state index in [2.05, 4.69) is 36.5 Å². The largest absolute Gasteiger partial charge is 0.316 e. The van der Waals surface area contributed by atoms with Gasteiger partial charge in [-0.2, -0.15) is 0 Å². The maximum Gasteiger partial charge on any atom is -0.00114 e. The van der Waals surface area contributed by atoms with Crippen LogP contribution in [-0.2, 0) is 6.42 Å². The van der Waals surface area contributed by atoms with Gasteiger partial charge in [-0.1, -0.05) is 31.2 Å². The first kappa shape index (κ1) is 9.41. The van der Waals surface area contributed by atoms with Crippen LogP contribution in [0.15, 0.2) is 24.3 Å². The molecule has 0 spiro atoms. The van der Waals surface area contributed by atoms with Crippen molar-refractivity contribution < 1.29 is 0 Å². The molecule has 3 rings (SSSR count). The number of hydrogen-bond acceptors (Lipinski definition) is 1. The van der Waals surface area contributed by atoms with Crippen LogP contribution in [0.5, 0.6) is 0 Å². The van der Waals surface area contributed by atoms with Gasteiger partial charge in [0.25, 0.3) is 0 Å². The lowest BCUT2D eigenvalue weighted by Crippen LogP contribution is -2.33. The van der Waals surface area contributed by atoms with Crippen LogP contribution in [-0.4, -0.2) is 13.1 Å². The van der Waals surface area contributed by atoms with Gasteiger partial charge in [0, 0.05) is 0 Å². The standard InChI is InChI=1S/C14H19N/c1-2-10-3-5-11(6-4-10)13-7-12-8-15-9-14(12)13/h3-6,12-15H,2,7-9H2,1H3/t12-,13+,14+/m1/s1. The SMILES string of the molecule is CCc1ccc([C@@H]2C[C@@H]3CNC[C@@H]32)cc1. The van der Waals surface area contributed by atoms with Crippen LogP contribution < -0.4 is 5.32 Å². The average Bonchev–Trinajstić information content (AvgIpc) is 2.61. The van der Waals surface area contributed by atoms with E-state index in [0.29, 0.717) is 0 Å². The van der Waals surface area contributed by atoms with Gasteiger partial charge in [0.1, 0.15) is 0 Å². The zero-order valence-electron chi connectivity index (χ0n) is 9.37. The molecule has 1 N–H and O–H groups in total. The van der Waals surface area contributed by atoms with E-state index in [-0.39, 0.29) is 0 Å². The van der Waals surface area contributed by atoms with Crippen molar-refractivity contribution in [2.45, 2.75) is 25.7 Å². The molecule has 3 atom stereocenters. The highest BCUT2D eigenvalue weighted by Crippen LogP contribution is 2.48. The summed E-state index contributed by atoms with van der Waals surface area (Å²) in [4.78, 5) is 0. The number of rotatable bonds is 2. The fourth-order valence-corrected chi connectivity index (χ4v) is 3.17. The van der Waals surface area contributed by atoms with Gasteiger partial charge in [-0.05, 0) is 54.8 Å². The summed E-state index contributed by atoms with van der Waals surface area (Å²) in [7, 11) is 0. The molecule has 1 aromatic rings. The van der Waals surface area contributed by atoms with E-state index in [0.717, 1.165) is 24.2 Å². The van der Waals surface area contributed by atoms with E-state index in [9.17, 15) is 0 Å². The Morgan fingerprint density at radius 2 is 2.00 bits per heavy atom. The van der Waals surface area contributed by atoms with Crippen molar-refractivity contribution in [1.82, 2.24) is 5.32 Å². The van der Waals surface area contributed by atoms with Gasteiger partial charge in [0.2, 0.25) is 0 Å². The molecule has 1 saturated heterocycles. The second-order valence-corrected chi connectivity index (χ2v) is 5.02. The van der Waals surface area contributed by atoms with Crippen molar-refractivity contribution in [2.75, 3.05) is 13.1 Å². The minimum absolute atomic E-state index is 0.843. The zero-order valence-corrected chi connectivity index (χ0v) is 9.37. The summed E-state index contributed by atoms with van der Waals surface area (Å²) >= 11 is 0. The maximum atomic E-state index is 3.51. The molecule has 1 heteroatoms. The molecule has 0 unspecified atom stereocenters. The second-order valence-electron chi connectivity index (χ2n) is 5.02. The number of aryl methyl sites for hydroxylation is 1. The Labute approximate surface area is 91.9 Å². The predicted octanol–water partition coefficient (Wildman–Crippen LogP) is 2.57. The van der Waals surface area contributed by atoms with Gasteiger partial charge in [0.05, 0.1) is 0 Å². The van der Waals surface area contributed by atoms with Gasteiger partial charge in [-0.25, -0.2) is 0 Å². The summed E-state index contributed by atoms with van der Waals surface area (Å²) in [6.07, 6.45) is 2.56. The predicted molar refractivity (Wildman–Crippen MR) is 63.0 cm³/mol. The molecule has 1 aromatic carbocycles. The van der Waals surface area contributed by atoms with E-state index >= 15 is 0 Å². The first-order chi connectivity index (χ1) is 7.38. The van der Waals surface area contributed by atoms with Gasteiger partial charge in [-0.3, -0.25) is 0 Å². The number of fused-ring (bicyclic) bond motifs is 1. The van der Waals surface area contributed by atoms with E-state index in [1.54, 1.807) is 5.56 Å². The quantitative estimate of drug-likeness (QED) is 0.775. The first-order valence-electron chi connectivity index (χ1n) is 6.18. The third-order valence-electron chi connectivity index (χ3n) is 4.28. The highest BCUT2D eigenvalue weighted by atomic mass is 14.9. The number of benzene rings is 1. The molecule has 0 radical (unpaired) electrons. The smallest absolute Gasteiger partial charge is 0.00114 e. The monoisotopic (exact) mass is 201 g/mol. The van der Waals surface area contributed by atoms with Crippen LogP contribution >= 0.6 is 0 Å². The Bertz CT molecular complexity index is 341. The number of nitrogens with one attached hydrogen (secondary N) is 1. The highest BCUT2D eigenvalue weighted by Gasteiger charge is 2.44. The van der Waals surface area contributed by atoms with E-state index in [1.165, 1.54) is 25.1 Å². The molecular formula is C14H19N. The second kappa shape index (κ2) is 3.64. The van der Waals surface area contributed by atoms with Crippen LogP contribution in [0.2, 0.25) is 0 Å². The highest BCUT2D eigenvalue weighted by molar-refractivity contribution is 5.28. The summed E-state index contributed by atoms with van der Waals surface area (Å²) in [5.41, 5.74) is 3.02. The lowest BCUT2D eigenvalue weighted by molar-refractivity contribution is 0.191. The van der Waals surface area contributed by atoms with E-state index in [4.69, 9.17) is 0 Å². The molecule has 0 amide bonds. The van der Waals surface area contributed by atoms with Crippen molar-refractivity contribution >= 4 is 0 Å². The maximum absolute atomic E-state index is 3.51. The van der Waals surface area contributed by atoms with Crippen LogP contribution in [0.25, 0.3) is 0 Å². The van der Waals surface area contributed by atoms with Crippen molar-refractivity contribution in [3.8, 4) is 0 Å². The summed E-state index contributed by atoms with van der Waals surface area (Å²) in [6.45, 7) is 4.72. The molecule has 1 heterocycles. The molecule has 1 aliphatic carbocycles. The van der Waals surface area contributed by atoms with Crippen molar-refractivity contribution in [3.05, 3.63) is 35.4 Å². The van der Waals surface area contributed by atoms with Gasteiger partial charge < -0.3 is 5.32 Å². The third kappa shape index (κ3) is 1.50. The Morgan fingerprint density at radius 1 is 1.20 bits per heavy atom. The van der Waals surface area contributed by atoms with Crippen LogP contribution in [0.3, 0.4) is 0 Å². The Morgan fingerprint density at radius 3 is 2.67 bits per heavy atom. The average molecular weight is 201 g/mol. The van der Waals surface area contributed by atoms with Crippen LogP contribution in [0.4, 0.5) is 0 Å². The van der Waals surface area contributed by atoms with E-state index in [1.807, 2.05) is 0 Å². The molecule has 15 heavy (non-hydrogen) atoms. The molecular weight excluding hydrogens is 182 g/mol. The molecule has 2 fully saturated rings.